The summed E-state index contributed by atoms with van der Waals surface area (Å²) < 4.78 is 5.43. The van der Waals surface area contributed by atoms with Gasteiger partial charge in [0.2, 0.25) is 0 Å². The van der Waals surface area contributed by atoms with Crippen LogP contribution >= 0.6 is 104 Å². The lowest BCUT2D eigenvalue weighted by Crippen LogP contribution is -2.45. The van der Waals surface area contributed by atoms with E-state index in [0.717, 1.165) is 176 Å². The van der Waals surface area contributed by atoms with Crippen molar-refractivity contribution in [2.45, 2.75) is 154 Å². The minimum absolute atomic E-state index is 0.109. The van der Waals surface area contributed by atoms with E-state index >= 15 is 0 Å². The number of piperidine rings is 1. The minimum Gasteiger partial charge on any atom is -0.348 e. The lowest BCUT2D eigenvalue weighted by molar-refractivity contribution is 0.0742. The first-order valence-corrected chi connectivity index (χ1v) is 41.0. The fraction of sp³-hybridized carbons (Fsp3) is 0.310. The van der Waals surface area contributed by atoms with E-state index in [-0.39, 0.29) is 29.8 Å². The predicted octanol–water partition coefficient (Wildman–Crippen LogP) is 24.6. The molecule has 1 saturated carbocycles. The van der Waals surface area contributed by atoms with E-state index in [1.54, 1.807) is 53.2 Å². The number of benzene rings is 7. The van der Waals surface area contributed by atoms with Crippen molar-refractivity contribution < 1.29 is 14.4 Å². The number of hydrogen-bond donors (Lipinski definition) is 3. The molecule has 5 aliphatic rings. The van der Waals surface area contributed by atoms with Gasteiger partial charge in [-0.3, -0.25) is 19.8 Å². The molecule has 3 amide bonds. The van der Waals surface area contributed by atoms with Crippen LogP contribution in [0.1, 0.15) is 217 Å². The van der Waals surface area contributed by atoms with Gasteiger partial charge in [-0.1, -0.05) is 197 Å². The summed E-state index contributed by atoms with van der Waals surface area (Å²) in [6, 6.07) is 49.1. The van der Waals surface area contributed by atoms with Crippen LogP contribution < -0.4 is 16.1 Å². The number of carbonyl (C=O) groups excluding carboxylic acids is 3. The van der Waals surface area contributed by atoms with Gasteiger partial charge in [0.05, 0.1) is 55.3 Å². The second-order valence-electron chi connectivity index (χ2n) is 28.6. The fourth-order valence-electron chi connectivity index (χ4n) is 15.3. The predicted molar refractivity (Wildman–Crippen MR) is 450 cm³/mol. The zero-order valence-electron chi connectivity index (χ0n) is 60.8. The summed E-state index contributed by atoms with van der Waals surface area (Å²) in [6.45, 7) is 5.82. The highest BCUT2D eigenvalue weighted by molar-refractivity contribution is 6.36. The Morgan fingerprint density at radius 3 is 1.11 bits per heavy atom. The minimum atomic E-state index is -0.211. The van der Waals surface area contributed by atoms with Crippen LogP contribution in [-0.4, -0.2) is 71.2 Å². The maximum atomic E-state index is 13.7. The molecule has 15 rings (SSSR count). The number of rotatable bonds is 14. The number of aromatic nitrogens is 6. The zero-order chi connectivity index (χ0) is 76.2. The van der Waals surface area contributed by atoms with E-state index in [1.165, 1.54) is 38.5 Å². The number of halogens is 9. The van der Waals surface area contributed by atoms with Gasteiger partial charge >= 0.3 is 0 Å². The average molecular weight is 1640 g/mol. The average Bonchev–Trinajstić information content (AvgIpc) is 1.62. The van der Waals surface area contributed by atoms with Crippen LogP contribution in [0, 0.1) is 5.92 Å². The van der Waals surface area contributed by atoms with Crippen LogP contribution in [0.4, 0.5) is 0 Å². The molecule has 3 N–H and O–H groups in total. The zero-order valence-corrected chi connectivity index (χ0v) is 67.6. The second-order valence-corrected chi connectivity index (χ2v) is 32.4. The third kappa shape index (κ3) is 19.6. The maximum Gasteiger partial charge on any atom is 0.286 e. The van der Waals surface area contributed by atoms with Crippen LogP contribution in [-0.2, 0) is 19.3 Å². The summed E-state index contributed by atoms with van der Waals surface area (Å²) in [6.07, 6.45) is 26.8. The second kappa shape index (κ2) is 37.1. The van der Waals surface area contributed by atoms with Gasteiger partial charge in [0.1, 0.15) is 0 Å². The molecule has 109 heavy (non-hydrogen) atoms. The van der Waals surface area contributed by atoms with Gasteiger partial charge in [0, 0.05) is 66.0 Å². The molecule has 13 nitrogen and oxygen atoms in total. The Morgan fingerprint density at radius 1 is 0.385 bits per heavy atom. The Morgan fingerprint density at radius 2 is 0.725 bits per heavy atom. The van der Waals surface area contributed by atoms with Crippen LogP contribution in [0.15, 0.2) is 158 Å². The normalized spacial score (nSPS) is 17.1. The topological polar surface area (TPSA) is 144 Å². The Hall–Kier alpha value is -7.63. The molecule has 4 aliphatic carbocycles. The van der Waals surface area contributed by atoms with Crippen molar-refractivity contribution >= 4 is 157 Å². The molecule has 0 bridgehead atoms. The van der Waals surface area contributed by atoms with E-state index < -0.39 is 0 Å². The highest BCUT2D eigenvalue weighted by Gasteiger charge is 2.34. The quantitative estimate of drug-likeness (QED) is 0.0920. The van der Waals surface area contributed by atoms with Crippen molar-refractivity contribution in [1.82, 2.24) is 50.4 Å². The van der Waals surface area contributed by atoms with E-state index in [9.17, 15) is 14.4 Å². The first kappa shape index (κ1) is 79.5. The van der Waals surface area contributed by atoms with Crippen LogP contribution in [0.25, 0.3) is 52.0 Å². The van der Waals surface area contributed by atoms with E-state index in [0.29, 0.717) is 85.3 Å². The third-order valence-electron chi connectivity index (χ3n) is 20.9. The van der Waals surface area contributed by atoms with Crippen LogP contribution in [0.3, 0.4) is 0 Å². The van der Waals surface area contributed by atoms with Crippen LogP contribution in [0.2, 0.25) is 45.2 Å². The molecule has 2 atom stereocenters. The molecule has 7 aromatic carbocycles. The fourth-order valence-corrected chi connectivity index (χ4v) is 16.8. The van der Waals surface area contributed by atoms with Crippen molar-refractivity contribution in [1.29, 1.82) is 0 Å². The summed E-state index contributed by atoms with van der Waals surface area (Å²) in [7, 11) is 0. The molecule has 0 unspecified atom stereocenters. The van der Waals surface area contributed by atoms with Gasteiger partial charge in [-0.2, -0.15) is 15.3 Å². The summed E-state index contributed by atoms with van der Waals surface area (Å²) in [4.78, 5) is 40.8. The van der Waals surface area contributed by atoms with Gasteiger partial charge in [-0.25, -0.2) is 19.1 Å². The SMILES string of the molecule is C[C@H](NC(=O)c1nn(-c2cc(Cl)ccc2Cl)c2c1CCCC/C2=C\c1ccc(Cl)cc1)C1CCCCC1.C[C@H](NC(=O)c1nn(-c2cc(Cl)ccc2Cl)c2c1CCCC/C2=C\c1ccc(Cl)cc1)c1ccccc1.O=C(NN1CCCCC1)c1nn(-c2cc(Cl)ccc2Cl)c2c1CCCC/C2=C\c1ccc(Cl)cc1. The number of amides is 3. The summed E-state index contributed by atoms with van der Waals surface area (Å²) in [5.41, 5.74) is 19.5. The molecular weight excluding hydrogens is 1550 g/mol. The van der Waals surface area contributed by atoms with Gasteiger partial charge in [-0.15, -0.1) is 0 Å². The van der Waals surface area contributed by atoms with Crippen molar-refractivity contribution in [3.05, 3.63) is 276 Å². The van der Waals surface area contributed by atoms with E-state index in [2.05, 4.69) is 41.2 Å². The van der Waals surface area contributed by atoms with Crippen molar-refractivity contribution in [2.24, 2.45) is 5.92 Å². The summed E-state index contributed by atoms with van der Waals surface area (Å²) in [5, 5.41) is 28.4. The Bertz CT molecular complexity index is 5020. The Labute approximate surface area is 682 Å². The standard InChI is InChI=1S/C30H32Cl3N3O.C30H26Cl3N3O.C27H27Cl3N4O/c2*1-19(21-7-3-2-4-8-21)34-30(37)28-25-10-6-5-9-22(17-20-11-13-23(31)14-12-20)29(25)36(35-28)27-18-24(32)15-16-26(27)33;28-20-10-8-18(9-11-20)16-19-6-2-3-7-22-25(27(35)32-33-14-4-1-5-15-33)31-34(26(19)22)24-17-21(29)12-13-23(24)30/h11-19,21H,2-10H2,1H3,(H,34,37);2-4,7-8,11-19H,5-6,9-10H2,1H3,(H,34,37);8-13,16-17H,1-7,14-15H2,(H,32,35)/b2*22-17+;19-16+/t2*19-;/m00./s1. The number of nitrogens with zero attached hydrogens (tertiary/aromatic N) is 7. The molecular formula is C87H85Cl9N10O3. The van der Waals surface area contributed by atoms with Crippen molar-refractivity contribution in [3.8, 4) is 17.1 Å². The van der Waals surface area contributed by atoms with E-state index in [4.69, 9.17) is 120 Å². The molecule has 10 aromatic rings. The van der Waals surface area contributed by atoms with Crippen LogP contribution in [0.5, 0.6) is 0 Å². The van der Waals surface area contributed by atoms with Crippen molar-refractivity contribution in [2.75, 3.05) is 13.1 Å². The summed E-state index contributed by atoms with van der Waals surface area (Å²) >= 11 is 57.4. The number of carbonyl (C=O) groups is 3. The molecule has 0 spiro atoms. The van der Waals surface area contributed by atoms with Gasteiger partial charge in [0.25, 0.3) is 17.7 Å². The molecule has 1 saturated heterocycles. The highest BCUT2D eigenvalue weighted by atomic mass is 35.5. The number of nitrogens with one attached hydrogen (secondary N) is 3. The number of allylic oxidation sites excluding steroid dienone is 3. The van der Waals surface area contributed by atoms with Gasteiger partial charge < -0.3 is 10.6 Å². The van der Waals surface area contributed by atoms with E-state index in [1.807, 2.05) is 130 Å². The first-order chi connectivity index (χ1) is 52.8. The number of fused-ring (bicyclic) bond motifs is 3. The molecule has 4 heterocycles. The molecule has 22 heteroatoms. The maximum absolute atomic E-state index is 13.7. The van der Waals surface area contributed by atoms with Gasteiger partial charge in [0.15, 0.2) is 17.1 Å². The monoisotopic (exact) mass is 1630 g/mol. The largest absolute Gasteiger partial charge is 0.348 e. The molecule has 0 radical (unpaired) electrons. The summed E-state index contributed by atoms with van der Waals surface area (Å²) in [5.74, 6) is 0.0186. The lowest BCUT2D eigenvalue weighted by Gasteiger charge is -2.28. The number of hydrazine groups is 1. The Balaban J connectivity index is 0.000000144. The number of hydrogen-bond acceptors (Lipinski definition) is 7. The molecule has 2 fully saturated rings. The first-order valence-electron chi connectivity index (χ1n) is 37.6. The van der Waals surface area contributed by atoms with Crippen molar-refractivity contribution in [3.63, 3.8) is 0 Å². The molecule has 564 valence electrons. The third-order valence-corrected chi connectivity index (χ3v) is 23.3. The Kier molecular flexibility index (Phi) is 27.1. The smallest absolute Gasteiger partial charge is 0.286 e. The lowest BCUT2D eigenvalue weighted by atomic mass is 9.84. The highest BCUT2D eigenvalue weighted by Crippen LogP contribution is 2.42. The molecule has 3 aromatic heterocycles. The molecule has 1 aliphatic heterocycles. The van der Waals surface area contributed by atoms with Gasteiger partial charge in [-0.05, 0) is 271 Å².